The summed E-state index contributed by atoms with van der Waals surface area (Å²) in [7, 11) is 0. The zero-order valence-corrected chi connectivity index (χ0v) is 20.2. The van der Waals surface area contributed by atoms with Crippen LogP contribution in [0.3, 0.4) is 0 Å². The molecular formula is C28H34N4O. The van der Waals surface area contributed by atoms with Gasteiger partial charge in [0.05, 0.1) is 6.54 Å². The fourth-order valence-electron chi connectivity index (χ4n) is 4.26. The number of rotatable bonds is 8. The maximum absolute atomic E-state index is 12.8. The fraction of sp³-hybridized carbons (Fsp3) is 0.393. The first-order valence-electron chi connectivity index (χ1n) is 12.0. The Bertz CT molecular complexity index is 1160. The Morgan fingerprint density at radius 2 is 1.85 bits per heavy atom. The van der Waals surface area contributed by atoms with Gasteiger partial charge in [-0.15, -0.1) is 0 Å². The van der Waals surface area contributed by atoms with Gasteiger partial charge in [0.2, 0.25) is 0 Å². The smallest absolute Gasteiger partial charge is 0.256 e. The Morgan fingerprint density at radius 3 is 2.55 bits per heavy atom. The lowest BCUT2D eigenvalue weighted by atomic mass is 9.97. The molecule has 33 heavy (non-hydrogen) atoms. The zero-order valence-electron chi connectivity index (χ0n) is 20.2. The van der Waals surface area contributed by atoms with E-state index in [4.69, 9.17) is 0 Å². The first-order valence-corrected chi connectivity index (χ1v) is 12.0. The number of hydrogen-bond acceptors (Lipinski definition) is 3. The predicted molar refractivity (Wildman–Crippen MR) is 135 cm³/mol. The van der Waals surface area contributed by atoms with E-state index >= 15 is 0 Å². The molecule has 1 aromatic heterocycles. The summed E-state index contributed by atoms with van der Waals surface area (Å²) in [5, 5.41) is 7.64. The predicted octanol–water partition coefficient (Wildman–Crippen LogP) is 5.97. The SMILES string of the molecule is Cc1ccc(CCC(C)C)c(Cn2nc(NC(=O)c3ccc(C4=NCCC4)cc3)cc2C)c1. The van der Waals surface area contributed by atoms with E-state index in [1.807, 2.05) is 41.9 Å². The molecule has 5 heteroatoms. The van der Waals surface area contributed by atoms with Crippen LogP contribution in [0.1, 0.15) is 71.4 Å². The number of aryl methyl sites for hydroxylation is 3. The number of nitrogens with one attached hydrogen (secondary N) is 1. The Kier molecular flexibility index (Phi) is 7.07. The van der Waals surface area contributed by atoms with Crippen LogP contribution in [0.15, 0.2) is 53.5 Å². The molecule has 1 amide bonds. The number of aromatic nitrogens is 2. The molecule has 0 spiro atoms. The molecule has 1 N–H and O–H groups in total. The normalized spacial score (nSPS) is 13.4. The van der Waals surface area contributed by atoms with Crippen LogP contribution in [0.2, 0.25) is 0 Å². The van der Waals surface area contributed by atoms with Crippen LogP contribution in [0.25, 0.3) is 0 Å². The number of benzene rings is 2. The molecular weight excluding hydrogens is 408 g/mol. The summed E-state index contributed by atoms with van der Waals surface area (Å²) in [6, 6.07) is 16.3. The second kappa shape index (κ2) is 10.2. The molecule has 0 radical (unpaired) electrons. The van der Waals surface area contributed by atoms with E-state index < -0.39 is 0 Å². The van der Waals surface area contributed by atoms with Crippen molar-refractivity contribution in [3.63, 3.8) is 0 Å². The van der Waals surface area contributed by atoms with Crippen LogP contribution >= 0.6 is 0 Å². The van der Waals surface area contributed by atoms with Crippen molar-refractivity contribution in [2.24, 2.45) is 10.9 Å². The molecule has 2 aromatic carbocycles. The molecule has 0 atom stereocenters. The lowest BCUT2D eigenvalue weighted by Gasteiger charge is -2.13. The van der Waals surface area contributed by atoms with Crippen molar-refractivity contribution in [2.75, 3.05) is 11.9 Å². The number of carbonyl (C=O) groups excluding carboxylic acids is 1. The van der Waals surface area contributed by atoms with E-state index in [1.165, 1.54) is 23.1 Å². The highest BCUT2D eigenvalue weighted by molar-refractivity contribution is 6.05. The third kappa shape index (κ3) is 5.78. The van der Waals surface area contributed by atoms with Crippen molar-refractivity contribution >= 4 is 17.4 Å². The van der Waals surface area contributed by atoms with E-state index in [9.17, 15) is 4.79 Å². The highest BCUT2D eigenvalue weighted by atomic mass is 16.1. The van der Waals surface area contributed by atoms with Gasteiger partial charge in [0.1, 0.15) is 0 Å². The summed E-state index contributed by atoms with van der Waals surface area (Å²) < 4.78 is 1.98. The van der Waals surface area contributed by atoms with E-state index in [-0.39, 0.29) is 5.91 Å². The summed E-state index contributed by atoms with van der Waals surface area (Å²) >= 11 is 0. The van der Waals surface area contributed by atoms with Gasteiger partial charge in [-0.25, -0.2) is 0 Å². The molecule has 0 bridgehead atoms. The van der Waals surface area contributed by atoms with Crippen LogP contribution in [-0.4, -0.2) is 27.9 Å². The zero-order chi connectivity index (χ0) is 23.4. The molecule has 2 heterocycles. The van der Waals surface area contributed by atoms with E-state index in [2.05, 4.69) is 54.4 Å². The average molecular weight is 443 g/mol. The van der Waals surface area contributed by atoms with Gasteiger partial charge in [0.15, 0.2) is 5.82 Å². The van der Waals surface area contributed by atoms with Crippen LogP contribution in [0.4, 0.5) is 5.82 Å². The van der Waals surface area contributed by atoms with Gasteiger partial charge in [-0.1, -0.05) is 49.7 Å². The summed E-state index contributed by atoms with van der Waals surface area (Å²) in [6.07, 6.45) is 4.37. The molecule has 172 valence electrons. The summed E-state index contributed by atoms with van der Waals surface area (Å²) in [4.78, 5) is 17.3. The topological polar surface area (TPSA) is 59.3 Å². The third-order valence-electron chi connectivity index (χ3n) is 6.25. The monoisotopic (exact) mass is 442 g/mol. The second-order valence-electron chi connectivity index (χ2n) is 9.50. The fourth-order valence-corrected chi connectivity index (χ4v) is 4.26. The molecule has 1 aliphatic heterocycles. The Morgan fingerprint density at radius 1 is 1.06 bits per heavy atom. The average Bonchev–Trinajstić information content (AvgIpc) is 3.43. The van der Waals surface area contributed by atoms with Gasteiger partial charge in [-0.05, 0) is 74.3 Å². The molecule has 0 unspecified atom stereocenters. The molecule has 0 aliphatic carbocycles. The first-order chi connectivity index (χ1) is 15.9. The van der Waals surface area contributed by atoms with Crippen molar-refractivity contribution in [2.45, 2.75) is 59.9 Å². The van der Waals surface area contributed by atoms with Crippen LogP contribution in [0, 0.1) is 19.8 Å². The van der Waals surface area contributed by atoms with Crippen LogP contribution < -0.4 is 5.32 Å². The molecule has 5 nitrogen and oxygen atoms in total. The molecule has 0 fully saturated rings. The van der Waals surface area contributed by atoms with Gasteiger partial charge in [-0.3, -0.25) is 14.5 Å². The number of anilines is 1. The van der Waals surface area contributed by atoms with Gasteiger partial charge in [0.25, 0.3) is 5.91 Å². The molecule has 0 saturated heterocycles. The van der Waals surface area contributed by atoms with Crippen molar-refractivity contribution in [1.29, 1.82) is 0 Å². The summed E-state index contributed by atoms with van der Waals surface area (Å²) in [6.45, 7) is 10.3. The third-order valence-corrected chi connectivity index (χ3v) is 6.25. The minimum atomic E-state index is -0.146. The van der Waals surface area contributed by atoms with Crippen molar-refractivity contribution < 1.29 is 4.79 Å². The summed E-state index contributed by atoms with van der Waals surface area (Å²) in [5.74, 6) is 1.11. The number of carbonyl (C=O) groups is 1. The van der Waals surface area contributed by atoms with E-state index in [0.717, 1.165) is 42.8 Å². The summed E-state index contributed by atoms with van der Waals surface area (Å²) in [5.41, 5.74) is 7.82. The Balaban J connectivity index is 1.45. The largest absolute Gasteiger partial charge is 0.305 e. The minimum Gasteiger partial charge on any atom is -0.305 e. The maximum atomic E-state index is 12.8. The number of aliphatic imine (C=N–C) groups is 1. The van der Waals surface area contributed by atoms with Crippen LogP contribution in [0.5, 0.6) is 0 Å². The van der Waals surface area contributed by atoms with Crippen LogP contribution in [-0.2, 0) is 13.0 Å². The lowest BCUT2D eigenvalue weighted by Crippen LogP contribution is -2.13. The standard InChI is InChI=1S/C28H34N4O/c1-19(2)7-9-22-10-8-20(3)16-25(22)18-32-21(4)17-27(31-32)30-28(33)24-13-11-23(12-14-24)26-6-5-15-29-26/h8,10-14,16-17,19H,5-7,9,15,18H2,1-4H3,(H,30,31,33). The van der Waals surface area contributed by atoms with Gasteiger partial charge >= 0.3 is 0 Å². The lowest BCUT2D eigenvalue weighted by molar-refractivity contribution is 0.102. The van der Waals surface area contributed by atoms with Gasteiger partial charge < -0.3 is 5.32 Å². The highest BCUT2D eigenvalue weighted by Gasteiger charge is 2.14. The van der Waals surface area contributed by atoms with Crippen molar-refractivity contribution in [1.82, 2.24) is 9.78 Å². The molecule has 3 aromatic rings. The number of hydrogen-bond donors (Lipinski definition) is 1. The maximum Gasteiger partial charge on any atom is 0.256 e. The van der Waals surface area contributed by atoms with Crippen molar-refractivity contribution in [3.05, 3.63) is 82.0 Å². The van der Waals surface area contributed by atoms with Gasteiger partial charge in [0, 0.05) is 29.6 Å². The Labute approximate surface area is 196 Å². The van der Waals surface area contributed by atoms with E-state index in [1.54, 1.807) is 0 Å². The van der Waals surface area contributed by atoms with Crippen molar-refractivity contribution in [3.8, 4) is 0 Å². The molecule has 4 rings (SSSR count). The Hall–Kier alpha value is -3.21. The number of amides is 1. The van der Waals surface area contributed by atoms with Gasteiger partial charge in [-0.2, -0.15) is 5.10 Å². The highest BCUT2D eigenvalue weighted by Crippen LogP contribution is 2.20. The molecule has 1 aliphatic rings. The quantitative estimate of drug-likeness (QED) is 0.467. The first kappa shape index (κ1) is 23.0. The number of nitrogens with zero attached hydrogens (tertiary/aromatic N) is 3. The minimum absolute atomic E-state index is 0.146. The second-order valence-corrected chi connectivity index (χ2v) is 9.50. The molecule has 0 saturated carbocycles. The van der Waals surface area contributed by atoms with E-state index in [0.29, 0.717) is 23.8 Å².